The Balaban J connectivity index is 0.780. The minimum absolute atomic E-state index is 0.00156. The topological polar surface area (TPSA) is 203 Å². The lowest BCUT2D eigenvalue weighted by molar-refractivity contribution is -0.120. The van der Waals surface area contributed by atoms with Crippen molar-refractivity contribution in [1.82, 2.24) is 40.4 Å². The summed E-state index contributed by atoms with van der Waals surface area (Å²) in [6.07, 6.45) is 14.6. The summed E-state index contributed by atoms with van der Waals surface area (Å²) in [5.74, 6) is 1.96. The van der Waals surface area contributed by atoms with Crippen molar-refractivity contribution in [3.05, 3.63) is 150 Å². The molecule has 4 amide bonds. The van der Waals surface area contributed by atoms with Gasteiger partial charge in [-0.1, -0.05) is 13.3 Å². The van der Waals surface area contributed by atoms with Gasteiger partial charge in [-0.25, -0.2) is 9.97 Å². The molecule has 2 aliphatic heterocycles. The Bertz CT molecular complexity index is 3760. The van der Waals surface area contributed by atoms with E-state index in [0.717, 1.165) is 153 Å². The van der Waals surface area contributed by atoms with Crippen LogP contribution >= 0.6 is 0 Å². The van der Waals surface area contributed by atoms with Gasteiger partial charge in [-0.15, -0.1) is 0 Å². The molecule has 2 saturated heterocycles. The molecule has 482 valence electrons. The van der Waals surface area contributed by atoms with Crippen LogP contribution < -0.4 is 41.4 Å². The summed E-state index contributed by atoms with van der Waals surface area (Å²) in [6, 6.07) is 20.5. The molecule has 6 aromatic rings. The Kier molecular flexibility index (Phi) is 20.1. The second-order valence-corrected chi connectivity index (χ2v) is 26.7. The molecule has 4 aromatic heterocycles. The molecule has 0 bridgehead atoms. The largest absolute Gasteiger partial charge is 0.357 e. The maximum absolute atomic E-state index is 14.9. The van der Waals surface area contributed by atoms with Gasteiger partial charge in [-0.05, 0) is 232 Å². The molecule has 91 heavy (non-hydrogen) atoms. The summed E-state index contributed by atoms with van der Waals surface area (Å²) < 4.78 is 0. The molecule has 5 fully saturated rings. The number of benzene rings is 2. The number of aromatic nitrogens is 4. The summed E-state index contributed by atoms with van der Waals surface area (Å²) in [5, 5.41) is 6.19. The molecular weight excluding hydrogens is 1140 g/mol. The number of aromatic amines is 2. The summed E-state index contributed by atoms with van der Waals surface area (Å²) >= 11 is 0. The van der Waals surface area contributed by atoms with Gasteiger partial charge in [0.2, 0.25) is 11.8 Å². The van der Waals surface area contributed by atoms with Crippen LogP contribution in [0.15, 0.2) is 82.6 Å². The van der Waals surface area contributed by atoms with E-state index in [0.29, 0.717) is 76.7 Å². The SMILES string of the molecule is CCCc1cc(C)[nH]c(=O)c1CNC(=O)c1cc(-c2ccc(N3CCN(CC4CC4)CC3)nc2)cc(N(CC)C(=O)C2CC2CCCc2cc(C)[nH]c(=O)c2CNC(=O)c2cc(-c3ccc(N4CCC(N(C)C)CC4)nc3)cc(N(CC)C(=O)C3CC3)c2C)c1C. The first kappa shape index (κ1) is 64.6. The molecule has 0 radical (unpaired) electrons. The minimum atomic E-state index is -0.346. The monoisotopic (exact) mass is 1230 g/mol. The second kappa shape index (κ2) is 28.3. The molecule has 2 atom stereocenters. The number of anilines is 4. The van der Waals surface area contributed by atoms with Gasteiger partial charge < -0.3 is 45.1 Å². The van der Waals surface area contributed by atoms with Crippen molar-refractivity contribution in [2.24, 2.45) is 23.7 Å². The fourth-order valence-corrected chi connectivity index (χ4v) is 14.0. The molecule has 18 heteroatoms. The van der Waals surface area contributed by atoms with Crippen molar-refractivity contribution in [3.8, 4) is 22.3 Å². The lowest BCUT2D eigenvalue weighted by Gasteiger charge is -2.35. The van der Waals surface area contributed by atoms with E-state index in [4.69, 9.17) is 9.97 Å². The molecule has 11 rings (SSSR count). The van der Waals surface area contributed by atoms with Crippen LogP contribution in [0.1, 0.15) is 150 Å². The van der Waals surface area contributed by atoms with Gasteiger partial charge in [0.1, 0.15) is 11.6 Å². The average molecular weight is 1240 g/mol. The Morgan fingerprint density at radius 1 is 0.593 bits per heavy atom. The maximum Gasteiger partial charge on any atom is 0.253 e. The van der Waals surface area contributed by atoms with Gasteiger partial charge in [0.25, 0.3) is 22.9 Å². The first-order chi connectivity index (χ1) is 43.9. The van der Waals surface area contributed by atoms with E-state index in [1.165, 1.54) is 19.4 Å². The van der Waals surface area contributed by atoms with Crippen LogP contribution in [-0.2, 0) is 35.5 Å². The van der Waals surface area contributed by atoms with Crippen molar-refractivity contribution in [2.45, 2.75) is 145 Å². The number of nitrogens with one attached hydrogen (secondary N) is 4. The van der Waals surface area contributed by atoms with E-state index in [1.807, 2.05) is 107 Å². The number of H-pyrrole nitrogens is 2. The van der Waals surface area contributed by atoms with E-state index in [9.17, 15) is 28.8 Å². The van der Waals surface area contributed by atoms with Crippen LogP contribution in [0, 0.1) is 51.4 Å². The molecule has 2 unspecified atom stereocenters. The van der Waals surface area contributed by atoms with Gasteiger partial charge in [0.05, 0.1) is 0 Å². The summed E-state index contributed by atoms with van der Waals surface area (Å²) in [6.45, 7) is 21.3. The molecule has 0 spiro atoms. The predicted molar refractivity (Wildman–Crippen MR) is 362 cm³/mol. The van der Waals surface area contributed by atoms with E-state index in [2.05, 4.69) is 73.4 Å². The minimum Gasteiger partial charge on any atom is -0.357 e. The molecule has 5 aliphatic rings. The van der Waals surface area contributed by atoms with E-state index >= 15 is 0 Å². The highest BCUT2D eigenvalue weighted by Gasteiger charge is 2.45. The van der Waals surface area contributed by atoms with E-state index in [1.54, 1.807) is 4.90 Å². The number of piperidine rings is 1. The normalized spacial score (nSPS) is 17.7. The zero-order chi connectivity index (χ0) is 64.2. The smallest absolute Gasteiger partial charge is 0.253 e. The van der Waals surface area contributed by atoms with Crippen molar-refractivity contribution in [3.63, 3.8) is 0 Å². The average Bonchev–Trinajstić information content (AvgIpc) is 1.83. The number of hydrogen-bond acceptors (Lipinski definition) is 12. The van der Waals surface area contributed by atoms with Crippen molar-refractivity contribution in [1.29, 1.82) is 0 Å². The number of carbonyl (C=O) groups excluding carboxylic acids is 4. The van der Waals surface area contributed by atoms with E-state index < -0.39 is 0 Å². The van der Waals surface area contributed by atoms with Gasteiger partial charge in [0, 0.05) is 158 Å². The molecule has 3 saturated carbocycles. The molecule has 2 aromatic carbocycles. The third-order valence-electron chi connectivity index (χ3n) is 19.9. The van der Waals surface area contributed by atoms with E-state index in [-0.39, 0.29) is 65.6 Å². The maximum atomic E-state index is 14.9. The summed E-state index contributed by atoms with van der Waals surface area (Å²) in [4.78, 5) is 114. The number of hydrogen-bond donors (Lipinski definition) is 4. The standard InChI is InChI=1S/C73H94N12O6/c1-10-14-51-33-45(4)78-70(88)62(51)42-76-69(87)60-37-57(55-22-24-67(75-41-55)83-31-29-81(30-32-83)44-49-17-18-49)39-65(48(60)7)85(12-3)73(91)61-35-53(61)16-13-15-52-34-46(5)79-71(89)63(52)43-77-68(86)59-36-56(38-64(47(59)6)84(11-2)72(90)50-19-20-50)54-21-23-66(74-40-54)82-27-25-58(26-28-82)80(8)9/h21-24,33-34,36-41,49-50,53,58,61H,10-20,25-32,35,42-44H2,1-9H3,(H,76,87)(H,77,86)(H,78,88)(H,79,89). The zero-order valence-corrected chi connectivity index (χ0v) is 55.1. The predicted octanol–water partition coefficient (Wildman–Crippen LogP) is 10.1. The quantitative estimate of drug-likeness (QED) is 0.0423. The summed E-state index contributed by atoms with van der Waals surface area (Å²) in [5.41, 5.74) is 10.6. The van der Waals surface area contributed by atoms with Crippen molar-refractivity contribution < 1.29 is 19.2 Å². The first-order valence-corrected chi connectivity index (χ1v) is 33.6. The lowest BCUT2D eigenvalue weighted by atomic mass is 9.96. The molecule has 18 nitrogen and oxygen atoms in total. The Labute approximate surface area is 536 Å². The Morgan fingerprint density at radius 2 is 1.10 bits per heavy atom. The number of carbonyl (C=O) groups is 4. The van der Waals surface area contributed by atoms with Gasteiger partial charge >= 0.3 is 0 Å². The van der Waals surface area contributed by atoms with Crippen LogP contribution in [0.2, 0.25) is 0 Å². The van der Waals surface area contributed by atoms with Crippen molar-refractivity contribution >= 4 is 46.6 Å². The van der Waals surface area contributed by atoms with Crippen LogP contribution in [0.25, 0.3) is 22.3 Å². The number of piperazine rings is 1. The number of nitrogens with zero attached hydrogens (tertiary/aromatic N) is 8. The highest BCUT2D eigenvalue weighted by molar-refractivity contribution is 6.04. The number of rotatable bonds is 25. The van der Waals surface area contributed by atoms with Crippen LogP contribution in [0.4, 0.5) is 23.0 Å². The number of aryl methyl sites for hydroxylation is 4. The second-order valence-electron chi connectivity index (χ2n) is 26.7. The van der Waals surface area contributed by atoms with Crippen LogP contribution in [0.3, 0.4) is 0 Å². The highest BCUT2D eigenvalue weighted by Crippen LogP contribution is 2.45. The fourth-order valence-electron chi connectivity index (χ4n) is 14.0. The molecular formula is C73H94N12O6. The van der Waals surface area contributed by atoms with Gasteiger partial charge in [0.15, 0.2) is 0 Å². The Morgan fingerprint density at radius 3 is 1.56 bits per heavy atom. The lowest BCUT2D eigenvalue weighted by Crippen LogP contribution is -2.47. The van der Waals surface area contributed by atoms with Crippen molar-refractivity contribution in [2.75, 3.05) is 92.6 Å². The highest BCUT2D eigenvalue weighted by atomic mass is 16.2. The fraction of sp³-hybridized carbons (Fsp3) is 0.507. The first-order valence-electron chi connectivity index (χ1n) is 33.6. The van der Waals surface area contributed by atoms with Crippen LogP contribution in [0.5, 0.6) is 0 Å². The molecule has 6 heterocycles. The van der Waals surface area contributed by atoms with Crippen LogP contribution in [-0.4, -0.2) is 132 Å². The summed E-state index contributed by atoms with van der Waals surface area (Å²) in [7, 11) is 4.27. The molecule has 4 N–H and O–H groups in total. The zero-order valence-electron chi connectivity index (χ0n) is 55.1. The number of pyridine rings is 4. The van der Waals surface area contributed by atoms with Gasteiger partial charge in [-0.2, -0.15) is 0 Å². The third-order valence-corrected chi connectivity index (χ3v) is 19.9. The molecule has 3 aliphatic carbocycles. The third kappa shape index (κ3) is 15.0. The van der Waals surface area contributed by atoms with Gasteiger partial charge in [-0.3, -0.25) is 33.7 Å². The number of amides is 4. The Hall–Kier alpha value is -7.96.